The van der Waals surface area contributed by atoms with Gasteiger partial charge in [-0.25, -0.2) is 0 Å². The van der Waals surface area contributed by atoms with Crippen LogP contribution in [0, 0.1) is 12.8 Å². The van der Waals surface area contributed by atoms with Gasteiger partial charge < -0.3 is 14.7 Å². The number of nitrogens with zero attached hydrogens (tertiary/aromatic N) is 3. The fourth-order valence-electron chi connectivity index (χ4n) is 2.58. The van der Waals surface area contributed by atoms with Crippen molar-refractivity contribution >= 4 is 11.9 Å². The van der Waals surface area contributed by atoms with Crippen LogP contribution >= 0.6 is 0 Å². The lowest BCUT2D eigenvalue weighted by molar-refractivity contribution is -0.141. The lowest BCUT2D eigenvalue weighted by Gasteiger charge is -2.32. The first-order valence-electron chi connectivity index (χ1n) is 7.53. The van der Waals surface area contributed by atoms with Gasteiger partial charge in [-0.2, -0.15) is 5.10 Å². The second kappa shape index (κ2) is 6.91. The summed E-state index contributed by atoms with van der Waals surface area (Å²) in [7, 11) is 0. The van der Waals surface area contributed by atoms with E-state index < -0.39 is 12.1 Å². The zero-order valence-electron chi connectivity index (χ0n) is 13.3. The second-order valence-electron chi connectivity index (χ2n) is 6.06. The quantitative estimate of drug-likeness (QED) is 0.882. The predicted octanol–water partition coefficient (Wildman–Crippen LogP) is 1.16. The molecule has 2 rings (SSSR count). The Hall–Kier alpha value is -1.89. The summed E-state index contributed by atoms with van der Waals surface area (Å²) < 4.78 is 7.24. The van der Waals surface area contributed by atoms with Crippen molar-refractivity contribution in [2.45, 2.75) is 39.8 Å². The standard InChI is InChI=1S/C15H23N3O4/c1-10(2)8-18-11(3)13(7-16-18)15(21)17-4-5-22-12(9-17)6-14(19)20/h7,10,12H,4-6,8-9H2,1-3H3,(H,19,20). The normalized spacial score (nSPS) is 18.7. The smallest absolute Gasteiger partial charge is 0.306 e. The highest BCUT2D eigenvalue weighted by molar-refractivity contribution is 5.95. The van der Waals surface area contributed by atoms with E-state index in [4.69, 9.17) is 9.84 Å². The summed E-state index contributed by atoms with van der Waals surface area (Å²) in [6.45, 7) is 8.00. The minimum Gasteiger partial charge on any atom is -0.481 e. The molecule has 1 amide bonds. The van der Waals surface area contributed by atoms with Gasteiger partial charge in [0.05, 0.1) is 30.9 Å². The Morgan fingerprint density at radius 1 is 1.50 bits per heavy atom. The van der Waals surface area contributed by atoms with Gasteiger partial charge in [-0.15, -0.1) is 0 Å². The topological polar surface area (TPSA) is 84.7 Å². The SMILES string of the molecule is Cc1c(C(=O)N2CCOC(CC(=O)O)C2)cnn1CC(C)C. The van der Waals surface area contributed by atoms with Gasteiger partial charge in [0.25, 0.3) is 5.91 Å². The molecule has 1 fully saturated rings. The Morgan fingerprint density at radius 3 is 2.86 bits per heavy atom. The fraction of sp³-hybridized carbons (Fsp3) is 0.667. The average Bonchev–Trinajstić information content (AvgIpc) is 2.78. The zero-order chi connectivity index (χ0) is 16.3. The summed E-state index contributed by atoms with van der Waals surface area (Å²) in [6.07, 6.45) is 1.07. The fourth-order valence-corrected chi connectivity index (χ4v) is 2.58. The predicted molar refractivity (Wildman–Crippen MR) is 79.7 cm³/mol. The lowest BCUT2D eigenvalue weighted by Crippen LogP contribution is -2.46. The van der Waals surface area contributed by atoms with Crippen LogP contribution < -0.4 is 0 Å². The van der Waals surface area contributed by atoms with E-state index in [-0.39, 0.29) is 12.3 Å². The number of aromatic nitrogens is 2. The molecule has 0 radical (unpaired) electrons. The number of amides is 1. The minimum absolute atomic E-state index is 0.0879. The highest BCUT2D eigenvalue weighted by Crippen LogP contribution is 2.16. The molecule has 1 unspecified atom stereocenters. The molecule has 1 aromatic rings. The van der Waals surface area contributed by atoms with Crippen molar-refractivity contribution < 1.29 is 19.4 Å². The van der Waals surface area contributed by atoms with Crippen molar-refractivity contribution in [3.8, 4) is 0 Å². The van der Waals surface area contributed by atoms with Gasteiger partial charge in [-0.3, -0.25) is 14.3 Å². The van der Waals surface area contributed by atoms with E-state index in [1.807, 2.05) is 11.6 Å². The van der Waals surface area contributed by atoms with Crippen LogP contribution in [-0.2, 0) is 16.1 Å². The van der Waals surface area contributed by atoms with Gasteiger partial charge in [0.15, 0.2) is 0 Å². The molecule has 122 valence electrons. The number of rotatable bonds is 5. The van der Waals surface area contributed by atoms with Gasteiger partial charge in [-0.05, 0) is 12.8 Å². The minimum atomic E-state index is -0.916. The molecule has 1 aliphatic heterocycles. The molecule has 1 N–H and O–H groups in total. The Kier molecular flexibility index (Phi) is 5.18. The summed E-state index contributed by atoms with van der Waals surface area (Å²) >= 11 is 0. The number of ether oxygens (including phenoxy) is 1. The first-order valence-corrected chi connectivity index (χ1v) is 7.53. The molecule has 1 aromatic heterocycles. The van der Waals surface area contributed by atoms with E-state index in [0.29, 0.717) is 31.2 Å². The van der Waals surface area contributed by atoms with E-state index in [0.717, 1.165) is 12.2 Å². The van der Waals surface area contributed by atoms with E-state index in [1.54, 1.807) is 11.1 Å². The number of morpholine rings is 1. The molecule has 0 saturated carbocycles. The molecular formula is C15H23N3O4. The maximum Gasteiger partial charge on any atom is 0.306 e. The van der Waals surface area contributed by atoms with E-state index in [1.165, 1.54) is 0 Å². The van der Waals surface area contributed by atoms with Gasteiger partial charge in [0.1, 0.15) is 0 Å². The average molecular weight is 309 g/mol. The first-order chi connectivity index (χ1) is 10.4. The van der Waals surface area contributed by atoms with E-state index >= 15 is 0 Å². The number of carbonyl (C=O) groups excluding carboxylic acids is 1. The van der Waals surface area contributed by atoms with Crippen LogP contribution in [0.25, 0.3) is 0 Å². The largest absolute Gasteiger partial charge is 0.481 e. The maximum atomic E-state index is 12.6. The Morgan fingerprint density at radius 2 is 2.23 bits per heavy atom. The Balaban J connectivity index is 2.07. The monoisotopic (exact) mass is 309 g/mol. The third-order valence-corrected chi connectivity index (χ3v) is 3.70. The summed E-state index contributed by atoms with van der Waals surface area (Å²) in [5.74, 6) is -0.573. The molecule has 1 saturated heterocycles. The van der Waals surface area contributed by atoms with Crippen molar-refractivity contribution in [1.82, 2.24) is 14.7 Å². The zero-order valence-corrected chi connectivity index (χ0v) is 13.3. The maximum absolute atomic E-state index is 12.6. The molecule has 7 nitrogen and oxygen atoms in total. The molecule has 0 aromatic carbocycles. The molecule has 0 aliphatic carbocycles. The number of carboxylic acid groups (broad SMARTS) is 1. The summed E-state index contributed by atoms with van der Waals surface area (Å²) in [4.78, 5) is 25.1. The van der Waals surface area contributed by atoms with Crippen molar-refractivity contribution in [3.05, 3.63) is 17.5 Å². The van der Waals surface area contributed by atoms with Crippen molar-refractivity contribution in [1.29, 1.82) is 0 Å². The van der Waals surface area contributed by atoms with Crippen LogP contribution in [-0.4, -0.2) is 57.5 Å². The van der Waals surface area contributed by atoms with E-state index in [9.17, 15) is 9.59 Å². The number of carbonyl (C=O) groups is 2. The molecule has 0 spiro atoms. The van der Waals surface area contributed by atoms with E-state index in [2.05, 4.69) is 18.9 Å². The summed E-state index contributed by atoms with van der Waals surface area (Å²) in [5, 5.41) is 13.1. The van der Waals surface area contributed by atoms with Gasteiger partial charge in [-0.1, -0.05) is 13.8 Å². The van der Waals surface area contributed by atoms with Crippen molar-refractivity contribution in [3.63, 3.8) is 0 Å². The van der Waals surface area contributed by atoms with Crippen molar-refractivity contribution in [2.75, 3.05) is 19.7 Å². The van der Waals surface area contributed by atoms with Crippen molar-refractivity contribution in [2.24, 2.45) is 5.92 Å². The van der Waals surface area contributed by atoms with Gasteiger partial charge in [0, 0.05) is 25.3 Å². The second-order valence-corrected chi connectivity index (χ2v) is 6.06. The molecule has 1 atom stereocenters. The molecule has 22 heavy (non-hydrogen) atoms. The highest BCUT2D eigenvalue weighted by Gasteiger charge is 2.28. The summed E-state index contributed by atoms with van der Waals surface area (Å²) in [6, 6.07) is 0. The first kappa shape index (κ1) is 16.5. The molecule has 0 bridgehead atoms. The van der Waals surface area contributed by atoms with Crippen LogP contribution in [0.3, 0.4) is 0 Å². The lowest BCUT2D eigenvalue weighted by atomic mass is 10.1. The van der Waals surface area contributed by atoms with Crippen LogP contribution in [0.2, 0.25) is 0 Å². The van der Waals surface area contributed by atoms with Crippen LogP contribution in [0.4, 0.5) is 0 Å². The Bertz CT molecular complexity index is 553. The van der Waals surface area contributed by atoms with Crippen LogP contribution in [0.1, 0.15) is 36.3 Å². The number of carboxylic acids is 1. The molecule has 1 aliphatic rings. The third kappa shape index (κ3) is 3.85. The number of aliphatic carboxylic acids is 1. The van der Waals surface area contributed by atoms with Crippen LogP contribution in [0.15, 0.2) is 6.20 Å². The summed E-state index contributed by atoms with van der Waals surface area (Å²) in [5.41, 5.74) is 1.43. The van der Waals surface area contributed by atoms with Crippen LogP contribution in [0.5, 0.6) is 0 Å². The number of hydrogen-bond donors (Lipinski definition) is 1. The molecule has 2 heterocycles. The molecular weight excluding hydrogens is 286 g/mol. The highest BCUT2D eigenvalue weighted by atomic mass is 16.5. The third-order valence-electron chi connectivity index (χ3n) is 3.70. The Labute approximate surface area is 129 Å². The van der Waals surface area contributed by atoms with Gasteiger partial charge in [0.2, 0.25) is 0 Å². The molecule has 7 heteroatoms. The number of hydrogen-bond acceptors (Lipinski definition) is 4. The van der Waals surface area contributed by atoms with Gasteiger partial charge >= 0.3 is 5.97 Å².